The van der Waals surface area contributed by atoms with Crippen LogP contribution in [-0.2, 0) is 10.2 Å². The topological polar surface area (TPSA) is 94.3 Å². The Morgan fingerprint density at radius 2 is 1.89 bits per heavy atom. The molecule has 2 unspecified atom stereocenters. The summed E-state index contributed by atoms with van der Waals surface area (Å²) in [6, 6.07) is 19.8. The van der Waals surface area contributed by atoms with Gasteiger partial charge in [0.15, 0.2) is 0 Å². The Balaban J connectivity index is 1.17. The lowest BCUT2D eigenvalue weighted by atomic mass is 9.91. The number of hydrogen-bond donors (Lipinski definition) is 1. The predicted molar refractivity (Wildman–Crippen MR) is 138 cm³/mol. The summed E-state index contributed by atoms with van der Waals surface area (Å²) < 4.78 is 7.92. The Bertz CT molecular complexity index is 1610. The van der Waals surface area contributed by atoms with Gasteiger partial charge in [0.05, 0.1) is 35.4 Å². The van der Waals surface area contributed by atoms with Gasteiger partial charge in [-0.15, -0.1) is 0 Å². The summed E-state index contributed by atoms with van der Waals surface area (Å²) in [6.45, 7) is 1.05. The molecule has 0 bridgehead atoms. The highest BCUT2D eigenvalue weighted by Crippen LogP contribution is 2.53. The van der Waals surface area contributed by atoms with Crippen molar-refractivity contribution in [3.05, 3.63) is 102 Å². The number of nitrogens with zero attached hydrogens (tertiary/aromatic N) is 5. The Kier molecular flexibility index (Phi) is 5.21. The van der Waals surface area contributed by atoms with Gasteiger partial charge in [-0.25, -0.2) is 14.5 Å². The first-order valence-corrected chi connectivity index (χ1v) is 12.7. The fraction of sp³-hybridized carbons (Fsp3) is 0.276. The van der Waals surface area contributed by atoms with Gasteiger partial charge in [0.2, 0.25) is 0 Å². The first-order chi connectivity index (χ1) is 18.2. The highest BCUT2D eigenvalue weighted by atomic mass is 16.5. The third-order valence-corrected chi connectivity index (χ3v) is 7.73. The quantitative estimate of drug-likeness (QED) is 0.386. The van der Waals surface area contributed by atoms with Gasteiger partial charge < -0.3 is 10.1 Å². The highest BCUT2D eigenvalue weighted by Gasteiger charge is 2.49. The van der Waals surface area contributed by atoms with Gasteiger partial charge in [-0.05, 0) is 55.2 Å². The summed E-state index contributed by atoms with van der Waals surface area (Å²) in [5.41, 5.74) is 4.70. The third kappa shape index (κ3) is 3.84. The van der Waals surface area contributed by atoms with Crippen molar-refractivity contribution < 1.29 is 9.53 Å². The first kappa shape index (κ1) is 22.1. The Morgan fingerprint density at radius 3 is 2.76 bits per heavy atom. The molecule has 2 aliphatic rings. The maximum Gasteiger partial charge on any atom is 0.251 e. The van der Waals surface area contributed by atoms with Gasteiger partial charge in [-0.3, -0.25) is 9.78 Å². The van der Waals surface area contributed by atoms with Gasteiger partial charge in [-0.1, -0.05) is 30.3 Å². The van der Waals surface area contributed by atoms with Gasteiger partial charge in [-0.2, -0.15) is 5.10 Å². The Labute approximate surface area is 213 Å². The van der Waals surface area contributed by atoms with E-state index in [-0.39, 0.29) is 23.3 Å². The van der Waals surface area contributed by atoms with Crippen molar-refractivity contribution in [3.8, 4) is 0 Å². The molecular weight excluding hydrogens is 464 g/mol. The lowest BCUT2D eigenvalue weighted by Crippen LogP contribution is -2.34. The number of fused-ring (bicyclic) bond motifs is 2. The van der Waals surface area contributed by atoms with Crippen molar-refractivity contribution in [1.29, 1.82) is 0 Å². The maximum atomic E-state index is 12.6. The second-order valence-corrected chi connectivity index (χ2v) is 9.91. The summed E-state index contributed by atoms with van der Waals surface area (Å²) in [7, 11) is 0. The molecule has 0 radical (unpaired) electrons. The van der Waals surface area contributed by atoms with E-state index in [1.165, 1.54) is 5.56 Å². The molecule has 5 aromatic rings. The van der Waals surface area contributed by atoms with Crippen molar-refractivity contribution in [2.24, 2.45) is 0 Å². The molecule has 1 amide bonds. The van der Waals surface area contributed by atoms with Gasteiger partial charge in [0.25, 0.3) is 11.7 Å². The van der Waals surface area contributed by atoms with E-state index in [1.54, 1.807) is 6.20 Å². The summed E-state index contributed by atoms with van der Waals surface area (Å²) in [4.78, 5) is 26.2. The molecule has 7 rings (SSSR count). The zero-order valence-corrected chi connectivity index (χ0v) is 20.2. The number of pyridine rings is 1. The number of nitrogens with one attached hydrogen (secondary N) is 1. The largest absolute Gasteiger partial charge is 0.376 e. The molecule has 184 valence electrons. The number of aromatic nitrogens is 5. The average molecular weight is 491 g/mol. The summed E-state index contributed by atoms with van der Waals surface area (Å²) in [6.07, 6.45) is 8.30. The molecule has 37 heavy (non-hydrogen) atoms. The molecule has 1 aliphatic carbocycles. The third-order valence-electron chi connectivity index (χ3n) is 7.73. The van der Waals surface area contributed by atoms with Crippen molar-refractivity contribution >= 4 is 22.6 Å². The van der Waals surface area contributed by atoms with Crippen LogP contribution in [0.2, 0.25) is 0 Å². The molecule has 1 saturated carbocycles. The Morgan fingerprint density at radius 1 is 1.03 bits per heavy atom. The molecule has 8 nitrogen and oxygen atoms in total. The second-order valence-electron chi connectivity index (χ2n) is 9.91. The van der Waals surface area contributed by atoms with E-state index in [0.29, 0.717) is 24.5 Å². The van der Waals surface area contributed by atoms with E-state index >= 15 is 0 Å². The van der Waals surface area contributed by atoms with Crippen LogP contribution in [-0.4, -0.2) is 49.7 Å². The molecule has 1 aliphatic heterocycles. The second kappa shape index (κ2) is 8.74. The van der Waals surface area contributed by atoms with Gasteiger partial charge >= 0.3 is 0 Å². The van der Waals surface area contributed by atoms with Gasteiger partial charge in [0.1, 0.15) is 0 Å². The number of carbonyl (C=O) groups excluding carboxylic acids is 1. The maximum absolute atomic E-state index is 12.6. The zero-order chi connectivity index (χ0) is 24.8. The van der Waals surface area contributed by atoms with Crippen LogP contribution in [0.25, 0.3) is 16.7 Å². The normalized spacial score (nSPS) is 20.3. The van der Waals surface area contributed by atoms with E-state index in [1.807, 2.05) is 53.3 Å². The SMILES string of the molecule is O=C(NCC1OCCC1c1cnc2ncc(C3(c4ccc5ncccc5c4)CC3)n2n1)c1ccccc1. The smallest absolute Gasteiger partial charge is 0.251 e. The molecule has 3 aromatic heterocycles. The number of amides is 1. The molecule has 0 spiro atoms. The van der Waals surface area contributed by atoms with Crippen molar-refractivity contribution in [2.75, 3.05) is 13.2 Å². The molecule has 1 saturated heterocycles. The summed E-state index contributed by atoms with van der Waals surface area (Å²) in [5.74, 6) is 0.542. The minimum atomic E-state index is -0.158. The van der Waals surface area contributed by atoms with E-state index in [4.69, 9.17) is 9.84 Å². The lowest BCUT2D eigenvalue weighted by molar-refractivity contribution is 0.0831. The molecule has 4 heterocycles. The summed E-state index contributed by atoms with van der Waals surface area (Å²) in [5, 5.41) is 9.19. The number of rotatable bonds is 6. The molecule has 8 heteroatoms. The van der Waals surface area contributed by atoms with Crippen LogP contribution >= 0.6 is 0 Å². The average Bonchev–Trinajstić information content (AvgIpc) is 3.42. The van der Waals surface area contributed by atoms with Crippen LogP contribution in [0.5, 0.6) is 0 Å². The molecule has 2 atom stereocenters. The van der Waals surface area contributed by atoms with Crippen molar-refractivity contribution in [2.45, 2.75) is 36.7 Å². The minimum Gasteiger partial charge on any atom is -0.376 e. The number of carbonyl (C=O) groups is 1. The monoisotopic (exact) mass is 490 g/mol. The number of ether oxygens (including phenoxy) is 1. The molecule has 2 fully saturated rings. The van der Waals surface area contributed by atoms with Gasteiger partial charge in [0, 0.05) is 41.6 Å². The van der Waals surface area contributed by atoms with E-state index in [9.17, 15) is 4.79 Å². The van der Waals surface area contributed by atoms with E-state index in [2.05, 4.69) is 44.5 Å². The fourth-order valence-electron chi connectivity index (χ4n) is 5.55. The van der Waals surface area contributed by atoms with Crippen LogP contribution in [0.1, 0.15) is 52.5 Å². The van der Waals surface area contributed by atoms with Crippen LogP contribution in [0.15, 0.2) is 79.3 Å². The lowest BCUT2D eigenvalue weighted by Gasteiger charge is -2.19. The van der Waals surface area contributed by atoms with Crippen LogP contribution < -0.4 is 5.32 Å². The standard InChI is InChI=1S/C29H26N6O2/c36-27(19-5-2-1-3-6-19)31-17-25-22(10-14-37-25)24-16-32-28-33-18-26(35(28)34-24)29(11-12-29)21-8-9-23-20(15-21)7-4-13-30-23/h1-9,13,15-16,18,22,25H,10-12,14,17H2,(H,31,36). The number of benzene rings is 2. The van der Waals surface area contributed by atoms with E-state index in [0.717, 1.165) is 41.6 Å². The first-order valence-electron chi connectivity index (χ1n) is 12.7. The highest BCUT2D eigenvalue weighted by molar-refractivity contribution is 5.94. The molecule has 1 N–H and O–H groups in total. The number of imidazole rings is 1. The summed E-state index contributed by atoms with van der Waals surface area (Å²) >= 11 is 0. The minimum absolute atomic E-state index is 0.0464. The van der Waals surface area contributed by atoms with Crippen molar-refractivity contribution in [1.82, 2.24) is 29.9 Å². The Hall–Kier alpha value is -4.17. The van der Waals surface area contributed by atoms with E-state index < -0.39 is 0 Å². The predicted octanol–water partition coefficient (Wildman–Crippen LogP) is 4.05. The van der Waals surface area contributed by atoms with Crippen LogP contribution in [0.4, 0.5) is 0 Å². The van der Waals surface area contributed by atoms with Crippen LogP contribution in [0.3, 0.4) is 0 Å². The fourth-order valence-corrected chi connectivity index (χ4v) is 5.55. The zero-order valence-electron chi connectivity index (χ0n) is 20.2. The molecule has 2 aromatic carbocycles. The van der Waals surface area contributed by atoms with Crippen molar-refractivity contribution in [3.63, 3.8) is 0 Å². The number of hydrogen-bond acceptors (Lipinski definition) is 6. The molecular formula is C29H26N6O2. The van der Waals surface area contributed by atoms with Crippen LogP contribution in [0, 0.1) is 0 Å².